The van der Waals surface area contributed by atoms with Crippen LogP contribution in [0.15, 0.2) is 36.7 Å². The Balaban J connectivity index is 1.50. The van der Waals surface area contributed by atoms with Gasteiger partial charge in [-0.15, -0.1) is 13.2 Å². The van der Waals surface area contributed by atoms with Crippen LogP contribution >= 0.6 is 0 Å². The second-order valence-electron chi connectivity index (χ2n) is 8.42. The SMILES string of the molecule is CC(C)[C@H]1CN(c2ncc(C3CC3)cn2)C(=O)N1CC(=O)c1cccc(OC(F)(F)F)c1. The van der Waals surface area contributed by atoms with Crippen molar-refractivity contribution in [2.45, 2.75) is 45.0 Å². The molecule has 2 amide bonds. The van der Waals surface area contributed by atoms with Crippen LogP contribution in [0.1, 0.15) is 48.5 Å². The molecule has 2 heterocycles. The number of hydrogen-bond acceptors (Lipinski definition) is 5. The van der Waals surface area contributed by atoms with Crippen molar-refractivity contribution in [3.05, 3.63) is 47.8 Å². The van der Waals surface area contributed by atoms with Crippen LogP contribution in [-0.2, 0) is 0 Å². The number of hydrogen-bond donors (Lipinski definition) is 0. The van der Waals surface area contributed by atoms with Gasteiger partial charge in [0.2, 0.25) is 5.95 Å². The first-order valence-corrected chi connectivity index (χ1v) is 10.4. The molecule has 1 aromatic carbocycles. The van der Waals surface area contributed by atoms with Crippen LogP contribution < -0.4 is 9.64 Å². The van der Waals surface area contributed by atoms with Crippen LogP contribution in [0.3, 0.4) is 0 Å². The van der Waals surface area contributed by atoms with Crippen LogP contribution in [0, 0.1) is 5.92 Å². The summed E-state index contributed by atoms with van der Waals surface area (Å²) in [5.74, 6) is -0.151. The fraction of sp³-hybridized carbons (Fsp3) is 0.455. The van der Waals surface area contributed by atoms with Gasteiger partial charge < -0.3 is 9.64 Å². The lowest BCUT2D eigenvalue weighted by atomic mass is 10.0. The fourth-order valence-corrected chi connectivity index (χ4v) is 3.79. The Morgan fingerprint density at radius 3 is 2.50 bits per heavy atom. The van der Waals surface area contributed by atoms with E-state index in [9.17, 15) is 22.8 Å². The standard InChI is InChI=1S/C22H23F3N4O3/c1-13(2)18-11-29(20-26-9-16(10-27-20)14-6-7-14)21(31)28(18)12-19(30)15-4-3-5-17(8-15)32-22(23,24)25/h3-5,8-10,13-14,18H,6-7,11-12H2,1-2H3/t18-/m1/s1. The van der Waals surface area contributed by atoms with Gasteiger partial charge in [-0.1, -0.05) is 26.0 Å². The van der Waals surface area contributed by atoms with Gasteiger partial charge in [0, 0.05) is 18.0 Å². The highest BCUT2D eigenvalue weighted by Gasteiger charge is 2.41. The lowest BCUT2D eigenvalue weighted by Crippen LogP contribution is -2.41. The van der Waals surface area contributed by atoms with Crippen molar-refractivity contribution in [1.82, 2.24) is 14.9 Å². The molecule has 1 aliphatic carbocycles. The van der Waals surface area contributed by atoms with E-state index < -0.39 is 23.9 Å². The van der Waals surface area contributed by atoms with Crippen molar-refractivity contribution in [3.63, 3.8) is 0 Å². The summed E-state index contributed by atoms with van der Waals surface area (Å²) in [4.78, 5) is 37.5. The van der Waals surface area contributed by atoms with E-state index >= 15 is 0 Å². The van der Waals surface area contributed by atoms with Gasteiger partial charge in [-0.05, 0) is 42.4 Å². The molecule has 1 saturated heterocycles. The van der Waals surface area contributed by atoms with Crippen LogP contribution in [0.25, 0.3) is 0 Å². The number of Topliss-reactive ketones (excluding diaryl/α,β-unsaturated/α-hetero) is 1. The number of aromatic nitrogens is 2. The minimum Gasteiger partial charge on any atom is -0.406 e. The third kappa shape index (κ3) is 4.84. The molecule has 170 valence electrons. The van der Waals surface area contributed by atoms with E-state index in [1.807, 2.05) is 13.8 Å². The zero-order valence-electron chi connectivity index (χ0n) is 17.7. The lowest BCUT2D eigenvalue weighted by molar-refractivity contribution is -0.274. The predicted octanol–water partition coefficient (Wildman–Crippen LogP) is 4.40. The Kier molecular flexibility index (Phi) is 5.79. The summed E-state index contributed by atoms with van der Waals surface area (Å²) in [5.41, 5.74) is 1.08. The number of ether oxygens (including phenoxy) is 1. The Hall–Kier alpha value is -3.17. The number of halogens is 3. The molecule has 1 aliphatic heterocycles. The molecule has 0 unspecified atom stereocenters. The third-order valence-electron chi connectivity index (χ3n) is 5.67. The monoisotopic (exact) mass is 448 g/mol. The second kappa shape index (κ2) is 8.40. The van der Waals surface area contributed by atoms with Crippen LogP contribution in [0.5, 0.6) is 5.75 Å². The number of amides is 2. The summed E-state index contributed by atoms with van der Waals surface area (Å²) >= 11 is 0. The molecule has 0 radical (unpaired) electrons. The fourth-order valence-electron chi connectivity index (χ4n) is 3.79. The molecule has 32 heavy (non-hydrogen) atoms. The van der Waals surface area contributed by atoms with E-state index in [1.165, 1.54) is 21.9 Å². The number of benzene rings is 1. The van der Waals surface area contributed by atoms with E-state index in [4.69, 9.17) is 0 Å². The summed E-state index contributed by atoms with van der Waals surface area (Å²) in [6.07, 6.45) is 0.845. The molecule has 1 aromatic heterocycles. The van der Waals surface area contributed by atoms with Crippen LogP contribution in [0.2, 0.25) is 0 Å². The van der Waals surface area contributed by atoms with Crippen molar-refractivity contribution in [3.8, 4) is 5.75 Å². The zero-order chi connectivity index (χ0) is 23.0. The van der Waals surface area contributed by atoms with Gasteiger partial charge in [0.05, 0.1) is 19.1 Å². The summed E-state index contributed by atoms with van der Waals surface area (Å²) < 4.78 is 41.4. The Bertz CT molecular complexity index is 1010. The summed E-state index contributed by atoms with van der Waals surface area (Å²) in [5, 5.41) is 0. The van der Waals surface area contributed by atoms with Crippen LogP contribution in [0.4, 0.5) is 23.9 Å². The molecule has 2 fully saturated rings. The second-order valence-corrected chi connectivity index (χ2v) is 8.42. The van der Waals surface area contributed by atoms with Crippen molar-refractivity contribution in [1.29, 1.82) is 0 Å². The Labute approximate surface area is 183 Å². The van der Waals surface area contributed by atoms with E-state index in [-0.39, 0.29) is 30.0 Å². The number of nitrogens with zero attached hydrogens (tertiary/aromatic N) is 4. The summed E-state index contributed by atoms with van der Waals surface area (Å²) in [6.45, 7) is 3.93. The normalized spacial score (nSPS) is 19.1. The maximum atomic E-state index is 13.1. The summed E-state index contributed by atoms with van der Waals surface area (Å²) in [7, 11) is 0. The molecule has 2 aromatic rings. The molecule has 4 rings (SSSR count). The molecule has 0 spiro atoms. The smallest absolute Gasteiger partial charge is 0.406 e. The Morgan fingerprint density at radius 2 is 1.91 bits per heavy atom. The number of rotatable bonds is 7. The van der Waals surface area contributed by atoms with Crippen molar-refractivity contribution < 1.29 is 27.5 Å². The number of anilines is 1. The highest BCUT2D eigenvalue weighted by atomic mass is 19.4. The van der Waals surface area contributed by atoms with Gasteiger partial charge in [0.25, 0.3) is 0 Å². The van der Waals surface area contributed by atoms with Gasteiger partial charge in [0.15, 0.2) is 5.78 Å². The third-order valence-corrected chi connectivity index (χ3v) is 5.67. The molecule has 2 aliphatic rings. The van der Waals surface area contributed by atoms with Gasteiger partial charge in [-0.25, -0.2) is 14.8 Å². The largest absolute Gasteiger partial charge is 0.573 e. The van der Waals surface area contributed by atoms with Gasteiger partial charge in [0.1, 0.15) is 5.75 Å². The van der Waals surface area contributed by atoms with E-state index in [0.717, 1.165) is 30.5 Å². The molecule has 0 bridgehead atoms. The van der Waals surface area contributed by atoms with E-state index in [0.29, 0.717) is 12.5 Å². The molecular weight excluding hydrogens is 425 g/mol. The van der Waals surface area contributed by atoms with Crippen molar-refractivity contribution in [2.24, 2.45) is 5.92 Å². The molecule has 0 N–H and O–H groups in total. The van der Waals surface area contributed by atoms with Crippen molar-refractivity contribution in [2.75, 3.05) is 18.0 Å². The van der Waals surface area contributed by atoms with E-state index in [2.05, 4.69) is 14.7 Å². The number of carbonyl (C=O) groups excluding carboxylic acids is 2. The molecule has 1 saturated carbocycles. The van der Waals surface area contributed by atoms with Gasteiger partial charge in [-0.3, -0.25) is 9.69 Å². The number of carbonyl (C=O) groups is 2. The minimum absolute atomic E-state index is 0.0329. The maximum Gasteiger partial charge on any atom is 0.573 e. The molecular formula is C22H23F3N4O3. The minimum atomic E-state index is -4.86. The number of urea groups is 1. The highest BCUT2D eigenvalue weighted by Crippen LogP contribution is 2.39. The average molecular weight is 448 g/mol. The first-order valence-electron chi connectivity index (χ1n) is 10.4. The number of alkyl halides is 3. The average Bonchev–Trinajstić information content (AvgIpc) is 3.52. The number of ketones is 1. The van der Waals surface area contributed by atoms with Gasteiger partial charge in [-0.2, -0.15) is 0 Å². The van der Waals surface area contributed by atoms with E-state index in [1.54, 1.807) is 12.4 Å². The maximum absolute atomic E-state index is 13.1. The highest BCUT2D eigenvalue weighted by molar-refractivity contribution is 6.02. The molecule has 1 atom stereocenters. The Morgan fingerprint density at radius 1 is 1.22 bits per heavy atom. The van der Waals surface area contributed by atoms with Gasteiger partial charge >= 0.3 is 12.4 Å². The lowest BCUT2D eigenvalue weighted by Gasteiger charge is -2.25. The quantitative estimate of drug-likeness (QED) is 0.587. The topological polar surface area (TPSA) is 75.6 Å². The van der Waals surface area contributed by atoms with Crippen LogP contribution in [-0.4, -0.2) is 52.2 Å². The first-order chi connectivity index (χ1) is 15.1. The molecule has 10 heteroatoms. The molecule has 7 nitrogen and oxygen atoms in total. The summed E-state index contributed by atoms with van der Waals surface area (Å²) in [6, 6.07) is 4.17. The zero-order valence-corrected chi connectivity index (χ0v) is 17.7. The predicted molar refractivity (Wildman–Crippen MR) is 110 cm³/mol. The first kappa shape index (κ1) is 22.0. The van der Waals surface area contributed by atoms with Crippen molar-refractivity contribution >= 4 is 17.8 Å².